The summed E-state index contributed by atoms with van der Waals surface area (Å²) in [7, 11) is -4.64. The minimum absolute atomic E-state index is 1.82. The van der Waals surface area contributed by atoms with Crippen LogP contribution in [0.25, 0.3) is 0 Å². The molecule has 0 spiro atoms. The second kappa shape index (κ2) is 9.46. The highest BCUT2D eigenvalue weighted by Gasteiger charge is 2.19. The van der Waals surface area contributed by atoms with Crippen molar-refractivity contribution in [2.45, 2.75) is 0 Å². The number of phosphoric acid groups is 1. The summed E-state index contributed by atoms with van der Waals surface area (Å²) >= 11 is 19.9. The highest BCUT2D eigenvalue weighted by Crippen LogP contribution is 2.25. The first-order valence-corrected chi connectivity index (χ1v) is 10.3. The lowest BCUT2D eigenvalue weighted by Crippen LogP contribution is -2.09. The maximum Gasteiger partial charge on any atom is 0.466 e. The molecular formula is C2H5Cl4O8PSi. The van der Waals surface area contributed by atoms with Crippen molar-refractivity contribution in [3.8, 4) is 0 Å². The number of carboxylic acids is 2. The van der Waals surface area contributed by atoms with Crippen molar-refractivity contribution in [2.24, 2.45) is 0 Å². The average molecular weight is 358 g/mol. The van der Waals surface area contributed by atoms with Gasteiger partial charge >= 0.3 is 25.1 Å². The van der Waals surface area contributed by atoms with Gasteiger partial charge in [-0.2, -0.15) is 0 Å². The fraction of sp³-hybridized carbons (Fsp3) is 0. The zero-order chi connectivity index (χ0) is 14.2. The number of carboxylic acid groups (broad SMARTS) is 2. The predicted octanol–water partition coefficient (Wildman–Crippen LogP) is 0.604. The number of halogens is 4. The summed E-state index contributed by atoms with van der Waals surface area (Å²) in [5.74, 6) is -3.65. The minimum Gasteiger partial charge on any atom is -0.473 e. The maximum atomic E-state index is 9.10. The Labute approximate surface area is 108 Å². The van der Waals surface area contributed by atoms with Gasteiger partial charge < -0.3 is 24.9 Å². The molecule has 0 aromatic rings. The third-order valence-electron chi connectivity index (χ3n) is 0.183. The molecule has 0 bridgehead atoms. The molecule has 0 unspecified atom stereocenters. The predicted molar refractivity (Wildman–Crippen MR) is 58.7 cm³/mol. The lowest BCUT2D eigenvalue weighted by Gasteiger charge is -1.85. The van der Waals surface area contributed by atoms with E-state index >= 15 is 0 Å². The first kappa shape index (κ1) is 21.7. The van der Waals surface area contributed by atoms with Crippen molar-refractivity contribution in [3.05, 3.63) is 0 Å². The largest absolute Gasteiger partial charge is 0.473 e. The second-order valence-corrected chi connectivity index (χ2v) is 13.7. The second-order valence-electron chi connectivity index (χ2n) is 1.55. The Morgan fingerprint density at radius 3 is 0.938 bits per heavy atom. The normalized spacial score (nSPS) is 10.2. The fourth-order valence-electron chi connectivity index (χ4n) is 0. The summed E-state index contributed by atoms with van der Waals surface area (Å²) in [6.07, 6.45) is 0. The molecule has 0 aromatic carbocycles. The van der Waals surface area contributed by atoms with E-state index in [2.05, 4.69) is 0 Å². The van der Waals surface area contributed by atoms with Gasteiger partial charge in [-0.15, -0.1) is 44.3 Å². The molecule has 98 valence electrons. The molecule has 5 N–H and O–H groups in total. The van der Waals surface area contributed by atoms with E-state index in [1.807, 2.05) is 0 Å². The van der Waals surface area contributed by atoms with Crippen LogP contribution in [0.5, 0.6) is 0 Å². The van der Waals surface area contributed by atoms with Gasteiger partial charge in [-0.1, -0.05) is 0 Å². The SMILES string of the molecule is Cl[Si](Cl)(Cl)Cl.O=C(O)C(=O)O.O=P(O)(O)O. The summed E-state index contributed by atoms with van der Waals surface area (Å²) in [6.45, 7) is 0. The Morgan fingerprint density at radius 2 is 0.938 bits per heavy atom. The molecule has 16 heavy (non-hydrogen) atoms. The highest BCUT2D eigenvalue weighted by molar-refractivity contribution is 7.81. The van der Waals surface area contributed by atoms with Gasteiger partial charge in [0.15, 0.2) is 0 Å². The maximum absolute atomic E-state index is 9.10. The van der Waals surface area contributed by atoms with Gasteiger partial charge in [0.05, 0.1) is 0 Å². The van der Waals surface area contributed by atoms with Crippen LogP contribution in [0.1, 0.15) is 0 Å². The van der Waals surface area contributed by atoms with Gasteiger partial charge in [0.2, 0.25) is 0 Å². The molecule has 0 aliphatic carbocycles. The monoisotopic (exact) mass is 356 g/mol. The van der Waals surface area contributed by atoms with Crippen LogP contribution in [0.15, 0.2) is 0 Å². The van der Waals surface area contributed by atoms with Crippen molar-refractivity contribution >= 4 is 69.4 Å². The van der Waals surface area contributed by atoms with Gasteiger partial charge in [-0.25, -0.2) is 14.2 Å². The third kappa shape index (κ3) is 133. The number of aliphatic carboxylic acids is 2. The molecule has 8 nitrogen and oxygen atoms in total. The summed E-state index contributed by atoms with van der Waals surface area (Å²) in [6, 6.07) is 0. The summed E-state index contributed by atoms with van der Waals surface area (Å²) in [4.78, 5) is 39.8. The van der Waals surface area contributed by atoms with E-state index in [-0.39, 0.29) is 0 Å². The summed E-state index contributed by atoms with van der Waals surface area (Å²) < 4.78 is 8.88. The first-order chi connectivity index (χ1) is 6.64. The van der Waals surface area contributed by atoms with Crippen LogP contribution < -0.4 is 0 Å². The molecule has 0 heterocycles. The van der Waals surface area contributed by atoms with Crippen LogP contribution in [-0.4, -0.2) is 42.1 Å². The smallest absolute Gasteiger partial charge is 0.466 e. The molecular weight excluding hydrogens is 353 g/mol. The van der Waals surface area contributed by atoms with Crippen molar-refractivity contribution in [1.82, 2.24) is 0 Å². The zero-order valence-electron chi connectivity index (χ0n) is 6.92. The highest BCUT2D eigenvalue weighted by atomic mass is 36.0. The van der Waals surface area contributed by atoms with E-state index < -0.39 is 25.1 Å². The van der Waals surface area contributed by atoms with E-state index in [9.17, 15) is 0 Å². The lowest BCUT2D eigenvalue weighted by molar-refractivity contribution is -0.159. The number of carbonyl (C=O) groups is 2. The van der Waals surface area contributed by atoms with Gasteiger partial charge in [0, 0.05) is 0 Å². The third-order valence-corrected chi connectivity index (χ3v) is 0.183. The first-order valence-electron chi connectivity index (χ1n) is 2.64. The Kier molecular flexibility index (Phi) is 12.8. The number of hydrogen-bond donors (Lipinski definition) is 5. The van der Waals surface area contributed by atoms with Crippen LogP contribution in [-0.2, 0) is 14.2 Å². The Balaban J connectivity index is -0.000000160. The van der Waals surface area contributed by atoms with Crippen LogP contribution in [0.3, 0.4) is 0 Å². The van der Waals surface area contributed by atoms with Gasteiger partial charge in [-0.05, 0) is 0 Å². The Morgan fingerprint density at radius 1 is 0.875 bits per heavy atom. The molecule has 0 rings (SSSR count). The van der Waals surface area contributed by atoms with Gasteiger partial charge in [0.25, 0.3) is 0 Å². The van der Waals surface area contributed by atoms with Crippen LogP contribution >= 0.6 is 52.1 Å². The van der Waals surface area contributed by atoms with Gasteiger partial charge in [-0.3, -0.25) is 0 Å². The quantitative estimate of drug-likeness (QED) is 0.183. The fourth-order valence-corrected chi connectivity index (χ4v) is 0. The lowest BCUT2D eigenvalue weighted by atomic mass is 10.7. The van der Waals surface area contributed by atoms with E-state index in [0.717, 1.165) is 0 Å². The molecule has 14 heteroatoms. The van der Waals surface area contributed by atoms with Crippen LogP contribution in [0.4, 0.5) is 0 Å². The minimum atomic E-state index is -4.64. The van der Waals surface area contributed by atoms with E-state index in [4.69, 9.17) is 83.4 Å². The van der Waals surface area contributed by atoms with Crippen molar-refractivity contribution < 1.29 is 39.0 Å². The molecule has 0 saturated heterocycles. The molecule has 0 aromatic heterocycles. The number of hydrogen-bond acceptors (Lipinski definition) is 3. The Bertz CT molecular complexity index is 243. The number of rotatable bonds is 0. The molecule has 0 saturated carbocycles. The van der Waals surface area contributed by atoms with Crippen molar-refractivity contribution in [1.29, 1.82) is 0 Å². The van der Waals surface area contributed by atoms with E-state index in [0.29, 0.717) is 0 Å². The topological polar surface area (TPSA) is 152 Å². The molecule has 0 fully saturated rings. The van der Waals surface area contributed by atoms with E-state index in [1.54, 1.807) is 0 Å². The summed E-state index contributed by atoms with van der Waals surface area (Å²) in [5.41, 5.74) is 0. The van der Waals surface area contributed by atoms with Crippen LogP contribution in [0.2, 0.25) is 0 Å². The summed E-state index contributed by atoms with van der Waals surface area (Å²) in [5, 5.41) is 12.1. The van der Waals surface area contributed by atoms with E-state index in [1.165, 1.54) is 0 Å². The Hall–Kier alpha value is 0.427. The standard InChI is InChI=1S/C2H2O4.Cl4Si.H3O4P/c3-1(4)2(5)6;2*1-5(2,3)4/h(H,3,4)(H,5,6);;(H3,1,2,3,4). The molecule has 0 radical (unpaired) electrons. The molecule has 0 atom stereocenters. The van der Waals surface area contributed by atoms with Crippen molar-refractivity contribution in [2.75, 3.05) is 0 Å². The van der Waals surface area contributed by atoms with Crippen molar-refractivity contribution in [3.63, 3.8) is 0 Å². The zero-order valence-corrected chi connectivity index (χ0v) is 11.8. The molecule has 0 aliphatic heterocycles. The molecule has 0 aliphatic rings. The molecule has 0 amide bonds. The average Bonchev–Trinajstić information content (AvgIpc) is 1.77. The van der Waals surface area contributed by atoms with Gasteiger partial charge in [0.1, 0.15) is 0 Å². The van der Waals surface area contributed by atoms with Crippen LogP contribution in [0, 0.1) is 0 Å².